The summed E-state index contributed by atoms with van der Waals surface area (Å²) >= 11 is 0. The molecule has 0 saturated heterocycles. The number of oxazole rings is 1. The molecule has 1 heterocycles. The second-order valence-electron chi connectivity index (χ2n) is 6.12. The molecule has 11 nitrogen and oxygen atoms in total. The van der Waals surface area contributed by atoms with E-state index in [0.717, 1.165) is 0 Å². The molecular formula is C18H15N3O8. The van der Waals surface area contributed by atoms with Crippen molar-refractivity contribution in [1.29, 1.82) is 0 Å². The number of carbonyl (C=O) groups excluding carboxylic acids is 1. The summed E-state index contributed by atoms with van der Waals surface area (Å²) in [5.74, 6) is -1.20. The van der Waals surface area contributed by atoms with Crippen molar-refractivity contribution in [2.24, 2.45) is 0 Å². The van der Waals surface area contributed by atoms with Gasteiger partial charge >= 0.3 is 11.7 Å². The summed E-state index contributed by atoms with van der Waals surface area (Å²) in [5, 5.41) is 21.5. The standard InChI is InChI=1S/C18H15N3O8/c22-17(28-11-12-3-1-4-13(9-12)20(24)25)5-2-8-19-15-7-6-14(21(26)27)10-16(15)29-18(19)23/h1,3-4,6-7,9-10H,2,5,8,11H2. The fourth-order valence-corrected chi connectivity index (χ4v) is 2.76. The molecule has 0 aliphatic rings. The van der Waals surface area contributed by atoms with Crippen LogP contribution in [0.4, 0.5) is 11.4 Å². The number of carbonyl (C=O) groups is 1. The first-order valence-electron chi connectivity index (χ1n) is 8.52. The summed E-state index contributed by atoms with van der Waals surface area (Å²) < 4.78 is 11.4. The third kappa shape index (κ3) is 4.64. The smallest absolute Gasteiger partial charge is 0.419 e. The number of aromatic nitrogens is 1. The number of hydrogen-bond donors (Lipinski definition) is 0. The highest BCUT2D eigenvalue weighted by atomic mass is 16.6. The fourth-order valence-electron chi connectivity index (χ4n) is 2.76. The fraction of sp³-hybridized carbons (Fsp3) is 0.222. The number of benzene rings is 2. The molecule has 0 aliphatic carbocycles. The van der Waals surface area contributed by atoms with E-state index in [1.54, 1.807) is 6.07 Å². The molecule has 0 atom stereocenters. The van der Waals surface area contributed by atoms with Gasteiger partial charge in [0.2, 0.25) is 0 Å². The second kappa shape index (κ2) is 8.33. The van der Waals surface area contributed by atoms with E-state index < -0.39 is 21.6 Å². The number of aryl methyl sites for hydroxylation is 1. The minimum absolute atomic E-state index is 0.0149. The topological polar surface area (TPSA) is 148 Å². The van der Waals surface area contributed by atoms with Crippen molar-refractivity contribution in [2.45, 2.75) is 26.0 Å². The number of nitro benzene ring substituents is 2. The lowest BCUT2D eigenvalue weighted by Crippen LogP contribution is -2.15. The first kappa shape index (κ1) is 19.7. The van der Waals surface area contributed by atoms with E-state index in [4.69, 9.17) is 9.15 Å². The van der Waals surface area contributed by atoms with E-state index in [2.05, 4.69) is 0 Å². The molecule has 0 saturated carbocycles. The molecule has 0 radical (unpaired) electrons. The van der Waals surface area contributed by atoms with E-state index in [1.165, 1.54) is 41.0 Å². The number of nitro groups is 2. The zero-order chi connectivity index (χ0) is 21.0. The predicted molar refractivity (Wildman–Crippen MR) is 99.3 cm³/mol. The van der Waals surface area contributed by atoms with E-state index in [0.29, 0.717) is 11.1 Å². The number of rotatable bonds is 8. The Morgan fingerprint density at radius 2 is 1.79 bits per heavy atom. The molecule has 29 heavy (non-hydrogen) atoms. The normalized spacial score (nSPS) is 10.8. The maximum atomic E-state index is 11.9. The average Bonchev–Trinajstić information content (AvgIpc) is 3.01. The molecule has 0 amide bonds. The van der Waals surface area contributed by atoms with Crippen molar-refractivity contribution in [3.05, 3.63) is 78.8 Å². The Hall–Kier alpha value is -4.02. The largest absolute Gasteiger partial charge is 0.461 e. The van der Waals surface area contributed by atoms with Crippen molar-refractivity contribution in [3.63, 3.8) is 0 Å². The van der Waals surface area contributed by atoms with Crippen LogP contribution in [0.15, 0.2) is 51.7 Å². The summed E-state index contributed by atoms with van der Waals surface area (Å²) in [4.78, 5) is 44.3. The summed E-state index contributed by atoms with van der Waals surface area (Å²) in [5.41, 5.74) is 0.697. The molecular weight excluding hydrogens is 386 g/mol. The van der Waals surface area contributed by atoms with Crippen LogP contribution in [-0.2, 0) is 22.7 Å². The second-order valence-corrected chi connectivity index (χ2v) is 6.12. The minimum atomic E-state index is -0.675. The molecule has 150 valence electrons. The van der Waals surface area contributed by atoms with Crippen molar-refractivity contribution in [1.82, 2.24) is 4.57 Å². The van der Waals surface area contributed by atoms with Crippen LogP contribution >= 0.6 is 0 Å². The van der Waals surface area contributed by atoms with E-state index in [-0.39, 0.29) is 43.0 Å². The van der Waals surface area contributed by atoms with Crippen molar-refractivity contribution < 1.29 is 23.8 Å². The quantitative estimate of drug-likeness (QED) is 0.318. The van der Waals surface area contributed by atoms with Crippen LogP contribution in [0.5, 0.6) is 0 Å². The molecule has 3 rings (SSSR count). The third-order valence-electron chi connectivity index (χ3n) is 4.15. The minimum Gasteiger partial charge on any atom is -0.461 e. The SMILES string of the molecule is O=C(CCCn1c(=O)oc2cc([N+](=O)[O-])ccc21)OCc1cccc([N+](=O)[O-])c1. The maximum absolute atomic E-state index is 11.9. The number of fused-ring (bicyclic) bond motifs is 1. The Balaban J connectivity index is 1.56. The molecule has 0 unspecified atom stereocenters. The maximum Gasteiger partial charge on any atom is 0.419 e. The summed E-state index contributed by atoms with van der Waals surface area (Å²) in [6.45, 7) is 0.0638. The molecule has 0 bridgehead atoms. The monoisotopic (exact) mass is 401 g/mol. The number of non-ortho nitro benzene ring substituents is 2. The molecule has 0 aliphatic heterocycles. The van der Waals surface area contributed by atoms with Crippen LogP contribution in [0.1, 0.15) is 18.4 Å². The molecule has 11 heteroatoms. The van der Waals surface area contributed by atoms with Gasteiger partial charge in [-0.25, -0.2) is 4.79 Å². The van der Waals surface area contributed by atoms with Gasteiger partial charge in [-0.3, -0.25) is 29.6 Å². The van der Waals surface area contributed by atoms with Crippen LogP contribution in [0, 0.1) is 20.2 Å². The lowest BCUT2D eigenvalue weighted by Gasteiger charge is -2.05. The summed E-state index contributed by atoms with van der Waals surface area (Å²) in [7, 11) is 0. The van der Waals surface area contributed by atoms with Gasteiger partial charge in [0.1, 0.15) is 6.61 Å². The van der Waals surface area contributed by atoms with E-state index >= 15 is 0 Å². The number of ether oxygens (including phenoxy) is 1. The van der Waals surface area contributed by atoms with Crippen LogP contribution < -0.4 is 5.76 Å². The zero-order valence-corrected chi connectivity index (χ0v) is 15.0. The van der Waals surface area contributed by atoms with Gasteiger partial charge < -0.3 is 9.15 Å². The van der Waals surface area contributed by atoms with Crippen LogP contribution in [0.25, 0.3) is 11.1 Å². The van der Waals surface area contributed by atoms with Crippen LogP contribution in [-0.4, -0.2) is 20.4 Å². The van der Waals surface area contributed by atoms with Gasteiger partial charge in [0.15, 0.2) is 5.58 Å². The van der Waals surface area contributed by atoms with Gasteiger partial charge in [0.05, 0.1) is 21.4 Å². The Morgan fingerprint density at radius 3 is 2.52 bits per heavy atom. The molecule has 0 fully saturated rings. The molecule has 3 aromatic rings. The molecule has 0 spiro atoms. The highest BCUT2D eigenvalue weighted by Crippen LogP contribution is 2.20. The number of hydrogen-bond acceptors (Lipinski definition) is 8. The van der Waals surface area contributed by atoms with Crippen molar-refractivity contribution in [2.75, 3.05) is 0 Å². The van der Waals surface area contributed by atoms with Crippen LogP contribution in [0.2, 0.25) is 0 Å². The number of esters is 1. The van der Waals surface area contributed by atoms with Gasteiger partial charge in [-0.1, -0.05) is 12.1 Å². The Morgan fingerprint density at radius 1 is 1.07 bits per heavy atom. The molecule has 2 aromatic carbocycles. The van der Waals surface area contributed by atoms with Gasteiger partial charge in [-0.2, -0.15) is 0 Å². The van der Waals surface area contributed by atoms with E-state index in [1.807, 2.05) is 0 Å². The Bertz CT molecular complexity index is 1150. The third-order valence-corrected chi connectivity index (χ3v) is 4.15. The molecule has 0 N–H and O–H groups in total. The van der Waals surface area contributed by atoms with Gasteiger partial charge in [0.25, 0.3) is 11.4 Å². The Kier molecular flexibility index (Phi) is 5.67. The highest BCUT2D eigenvalue weighted by molar-refractivity contribution is 5.75. The first-order chi connectivity index (χ1) is 13.8. The summed E-state index contributed by atoms with van der Waals surface area (Å²) in [6, 6.07) is 9.62. The highest BCUT2D eigenvalue weighted by Gasteiger charge is 2.14. The van der Waals surface area contributed by atoms with Gasteiger partial charge in [-0.15, -0.1) is 0 Å². The van der Waals surface area contributed by atoms with Gasteiger partial charge in [-0.05, 0) is 18.1 Å². The van der Waals surface area contributed by atoms with E-state index in [9.17, 15) is 29.8 Å². The van der Waals surface area contributed by atoms with Crippen molar-refractivity contribution in [3.8, 4) is 0 Å². The lowest BCUT2D eigenvalue weighted by molar-refractivity contribution is -0.385. The Labute approximate surface area is 162 Å². The first-order valence-corrected chi connectivity index (χ1v) is 8.52. The predicted octanol–water partition coefficient (Wildman–Crippen LogP) is 2.93. The van der Waals surface area contributed by atoms with Crippen LogP contribution in [0.3, 0.4) is 0 Å². The van der Waals surface area contributed by atoms with Gasteiger partial charge in [0, 0.05) is 31.2 Å². The lowest BCUT2D eigenvalue weighted by atomic mass is 10.2. The summed E-state index contributed by atoms with van der Waals surface area (Å²) in [6.07, 6.45) is 0.292. The zero-order valence-electron chi connectivity index (χ0n) is 15.0. The average molecular weight is 401 g/mol. The molecule has 1 aromatic heterocycles. The van der Waals surface area contributed by atoms with Crippen molar-refractivity contribution >= 4 is 28.4 Å². The number of nitrogens with zero attached hydrogens (tertiary/aromatic N) is 3.